The summed E-state index contributed by atoms with van der Waals surface area (Å²) in [4.78, 5) is 25.5. The number of hydrogen-bond acceptors (Lipinski definition) is 6. The maximum absolute atomic E-state index is 12.7. The second-order valence-electron chi connectivity index (χ2n) is 6.47. The largest absolute Gasteiger partial charge is 0.455 e. The monoisotopic (exact) mass is 399 g/mol. The zero-order valence-electron chi connectivity index (χ0n) is 16.8. The van der Waals surface area contributed by atoms with E-state index in [1.165, 1.54) is 16.4 Å². The maximum Gasteiger partial charge on any atom is 0.308 e. The van der Waals surface area contributed by atoms with Crippen molar-refractivity contribution in [3.8, 4) is 0 Å². The van der Waals surface area contributed by atoms with Gasteiger partial charge in [-0.15, -0.1) is 0 Å². The Morgan fingerprint density at radius 2 is 1.74 bits per heavy atom. The molecule has 0 bridgehead atoms. The van der Waals surface area contributed by atoms with Crippen LogP contribution in [0, 0.1) is 5.92 Å². The zero-order valence-corrected chi connectivity index (χ0v) is 17.6. The number of ether oxygens (including phenoxy) is 1. The molecule has 0 spiro atoms. The maximum atomic E-state index is 12.7. The summed E-state index contributed by atoms with van der Waals surface area (Å²) in [6.45, 7) is 7.14. The second kappa shape index (κ2) is 9.70. The lowest BCUT2D eigenvalue weighted by Crippen LogP contribution is -2.31. The minimum Gasteiger partial charge on any atom is -0.455 e. The van der Waals surface area contributed by atoms with Crippen molar-refractivity contribution in [2.45, 2.75) is 32.6 Å². The molecule has 1 rings (SSSR count). The Labute approximate surface area is 161 Å². The summed E-state index contributed by atoms with van der Waals surface area (Å²) < 4.78 is 31.7. The highest BCUT2D eigenvalue weighted by molar-refractivity contribution is 7.89. The molecule has 0 radical (unpaired) electrons. The van der Waals surface area contributed by atoms with E-state index in [1.54, 1.807) is 52.8 Å². The van der Waals surface area contributed by atoms with Crippen molar-refractivity contribution in [3.05, 3.63) is 18.2 Å². The summed E-state index contributed by atoms with van der Waals surface area (Å²) in [5.74, 6) is -1.35. The van der Waals surface area contributed by atoms with Crippen LogP contribution in [0.5, 0.6) is 0 Å². The molecule has 8 nitrogen and oxygen atoms in total. The first-order chi connectivity index (χ1) is 12.5. The number of anilines is 2. The van der Waals surface area contributed by atoms with Gasteiger partial charge in [0.1, 0.15) is 0 Å². The fourth-order valence-corrected chi connectivity index (χ4v) is 3.85. The third kappa shape index (κ3) is 5.93. The van der Waals surface area contributed by atoms with E-state index in [1.807, 2.05) is 0 Å². The molecule has 152 valence electrons. The summed E-state index contributed by atoms with van der Waals surface area (Å²) >= 11 is 0. The fourth-order valence-electron chi connectivity index (χ4n) is 2.37. The predicted octanol–water partition coefficient (Wildman–Crippen LogP) is 1.92. The summed E-state index contributed by atoms with van der Waals surface area (Å²) in [7, 11) is -0.101. The van der Waals surface area contributed by atoms with Crippen LogP contribution in [0.25, 0.3) is 0 Å². The van der Waals surface area contributed by atoms with Crippen molar-refractivity contribution in [1.82, 2.24) is 4.31 Å². The molecule has 1 amide bonds. The number of rotatable bonds is 9. The lowest BCUT2D eigenvalue weighted by molar-refractivity contribution is -0.150. The van der Waals surface area contributed by atoms with Gasteiger partial charge in [0, 0.05) is 27.2 Å². The average Bonchev–Trinajstić information content (AvgIpc) is 2.59. The molecular weight excluding hydrogens is 370 g/mol. The highest BCUT2D eigenvalue weighted by Crippen LogP contribution is 2.29. The molecule has 0 aliphatic heterocycles. The normalized spacial score (nSPS) is 11.6. The number of nitrogens with one attached hydrogen (secondary N) is 1. The third-order valence-corrected chi connectivity index (χ3v) is 5.93. The smallest absolute Gasteiger partial charge is 0.308 e. The van der Waals surface area contributed by atoms with Gasteiger partial charge in [0.15, 0.2) is 6.61 Å². The quantitative estimate of drug-likeness (QED) is 0.638. The van der Waals surface area contributed by atoms with Gasteiger partial charge in [0.05, 0.1) is 22.2 Å². The van der Waals surface area contributed by atoms with Gasteiger partial charge >= 0.3 is 5.97 Å². The molecule has 0 aliphatic rings. The number of esters is 1. The minimum absolute atomic E-state index is 0.0891. The number of carbonyl (C=O) groups excluding carboxylic acids is 2. The molecule has 0 aliphatic carbocycles. The van der Waals surface area contributed by atoms with Gasteiger partial charge in [0.25, 0.3) is 5.91 Å². The molecule has 1 aromatic rings. The van der Waals surface area contributed by atoms with Crippen molar-refractivity contribution in [2.75, 3.05) is 44.0 Å². The topological polar surface area (TPSA) is 96.0 Å². The van der Waals surface area contributed by atoms with Crippen molar-refractivity contribution < 1.29 is 22.7 Å². The highest BCUT2D eigenvalue weighted by atomic mass is 32.2. The molecule has 0 heterocycles. The van der Waals surface area contributed by atoms with Gasteiger partial charge < -0.3 is 15.0 Å². The van der Waals surface area contributed by atoms with Crippen LogP contribution in [0.15, 0.2) is 23.1 Å². The molecule has 9 heteroatoms. The van der Waals surface area contributed by atoms with E-state index in [0.717, 1.165) is 0 Å². The average molecular weight is 400 g/mol. The van der Waals surface area contributed by atoms with Gasteiger partial charge in [-0.25, -0.2) is 8.42 Å². The Hall–Kier alpha value is -2.13. The third-order valence-electron chi connectivity index (χ3n) is 3.88. The van der Waals surface area contributed by atoms with Crippen LogP contribution in [0.1, 0.15) is 27.7 Å². The molecule has 0 saturated heterocycles. The summed E-state index contributed by atoms with van der Waals surface area (Å²) in [5.41, 5.74) is 0.968. The second-order valence-corrected chi connectivity index (χ2v) is 8.41. The minimum atomic E-state index is -3.66. The first-order valence-corrected chi connectivity index (χ1v) is 10.3. The Bertz CT molecular complexity index is 771. The molecule has 0 unspecified atom stereocenters. The van der Waals surface area contributed by atoms with Crippen LogP contribution < -0.4 is 10.2 Å². The summed E-state index contributed by atoms with van der Waals surface area (Å²) in [6.07, 6.45) is 0. The highest BCUT2D eigenvalue weighted by Gasteiger charge is 2.23. The van der Waals surface area contributed by atoms with Crippen molar-refractivity contribution in [1.29, 1.82) is 0 Å². The molecule has 0 saturated carbocycles. The fraction of sp³-hybridized carbons (Fsp3) is 0.556. The number of sulfonamides is 1. The van der Waals surface area contributed by atoms with E-state index in [4.69, 9.17) is 4.74 Å². The lowest BCUT2D eigenvalue weighted by Gasteiger charge is -2.22. The van der Waals surface area contributed by atoms with Crippen LogP contribution in [-0.4, -0.2) is 58.4 Å². The van der Waals surface area contributed by atoms with Crippen molar-refractivity contribution in [3.63, 3.8) is 0 Å². The molecule has 0 fully saturated rings. The molecule has 27 heavy (non-hydrogen) atoms. The standard InChI is InChI=1S/C18H29N3O5S/c1-7-21(8-2)27(24,25)14-9-10-16(20(5)6)15(11-14)19-17(22)12-26-18(23)13(3)4/h9-11,13H,7-8,12H2,1-6H3,(H,19,22). The van der Waals surface area contributed by atoms with Crippen LogP contribution in [0.3, 0.4) is 0 Å². The predicted molar refractivity (Wildman–Crippen MR) is 105 cm³/mol. The number of hydrogen-bond donors (Lipinski definition) is 1. The lowest BCUT2D eigenvalue weighted by atomic mass is 10.2. The summed E-state index contributed by atoms with van der Waals surface area (Å²) in [6, 6.07) is 4.56. The number of amides is 1. The Morgan fingerprint density at radius 1 is 1.15 bits per heavy atom. The van der Waals surface area contributed by atoms with E-state index < -0.39 is 28.5 Å². The Balaban J connectivity index is 3.13. The zero-order chi connectivity index (χ0) is 20.8. The molecular formula is C18H29N3O5S. The van der Waals surface area contributed by atoms with Gasteiger partial charge in [-0.3, -0.25) is 9.59 Å². The van der Waals surface area contributed by atoms with Gasteiger partial charge in [-0.05, 0) is 18.2 Å². The van der Waals surface area contributed by atoms with Crippen LogP contribution in [-0.2, 0) is 24.3 Å². The van der Waals surface area contributed by atoms with Crippen LogP contribution in [0.2, 0.25) is 0 Å². The molecule has 0 aromatic heterocycles. The molecule has 1 aromatic carbocycles. The number of carbonyl (C=O) groups is 2. The Kier molecular flexibility index (Phi) is 8.23. The van der Waals surface area contributed by atoms with Crippen LogP contribution >= 0.6 is 0 Å². The first-order valence-electron chi connectivity index (χ1n) is 8.82. The summed E-state index contributed by atoms with van der Waals surface area (Å²) in [5, 5.41) is 2.63. The van der Waals surface area contributed by atoms with Gasteiger partial charge in [-0.2, -0.15) is 4.31 Å². The molecule has 1 N–H and O–H groups in total. The van der Waals surface area contributed by atoms with E-state index in [-0.39, 0.29) is 10.8 Å². The number of nitrogens with zero attached hydrogens (tertiary/aromatic N) is 2. The van der Waals surface area contributed by atoms with E-state index in [9.17, 15) is 18.0 Å². The molecule has 0 atom stereocenters. The van der Waals surface area contributed by atoms with Crippen molar-refractivity contribution in [2.24, 2.45) is 5.92 Å². The van der Waals surface area contributed by atoms with Gasteiger partial charge in [0.2, 0.25) is 10.0 Å². The Morgan fingerprint density at radius 3 is 2.22 bits per heavy atom. The van der Waals surface area contributed by atoms with E-state index in [0.29, 0.717) is 24.5 Å². The van der Waals surface area contributed by atoms with Crippen molar-refractivity contribution >= 4 is 33.3 Å². The van der Waals surface area contributed by atoms with E-state index in [2.05, 4.69) is 5.32 Å². The first kappa shape index (κ1) is 22.9. The SMILES string of the molecule is CCN(CC)S(=O)(=O)c1ccc(N(C)C)c(NC(=O)COC(=O)C(C)C)c1. The van der Waals surface area contributed by atoms with Gasteiger partial charge in [-0.1, -0.05) is 27.7 Å². The van der Waals surface area contributed by atoms with E-state index >= 15 is 0 Å². The number of benzene rings is 1. The van der Waals surface area contributed by atoms with Crippen LogP contribution in [0.4, 0.5) is 11.4 Å².